The summed E-state index contributed by atoms with van der Waals surface area (Å²) in [5.41, 5.74) is 19.7. The van der Waals surface area contributed by atoms with Gasteiger partial charge in [-0.3, -0.25) is 0 Å². The lowest BCUT2D eigenvalue weighted by molar-refractivity contribution is 0.554. The molecule has 0 fully saturated rings. The molecule has 4 unspecified atom stereocenters. The highest BCUT2D eigenvalue weighted by molar-refractivity contribution is 6.16. The van der Waals surface area contributed by atoms with E-state index >= 15 is 0 Å². The molecule has 0 saturated heterocycles. The fraction of sp³-hybridized carbons (Fsp3) is 0.143. The first-order valence-corrected chi connectivity index (χ1v) is 15.3. The molecule has 4 aromatic rings. The van der Waals surface area contributed by atoms with Crippen molar-refractivity contribution in [1.29, 1.82) is 0 Å². The first-order chi connectivity index (χ1) is 20.6. The molecule has 0 amide bonds. The van der Waals surface area contributed by atoms with Gasteiger partial charge in [-0.2, -0.15) is 0 Å². The lowest BCUT2D eigenvalue weighted by Crippen LogP contribution is -2.31. The Morgan fingerprint density at radius 3 is 2.24 bits per heavy atom. The lowest BCUT2D eigenvalue weighted by Gasteiger charge is -2.44. The van der Waals surface area contributed by atoms with Crippen LogP contribution in [0.5, 0.6) is 0 Å². The van der Waals surface area contributed by atoms with E-state index in [-0.39, 0.29) is 0 Å². The van der Waals surface area contributed by atoms with Crippen molar-refractivity contribution in [3.05, 3.63) is 172 Å². The van der Waals surface area contributed by atoms with Gasteiger partial charge in [-0.25, -0.2) is 0 Å². The molecule has 0 heteroatoms. The summed E-state index contributed by atoms with van der Waals surface area (Å²) in [5.74, 6) is 1.54. The molecule has 0 aliphatic heterocycles. The zero-order valence-electron chi connectivity index (χ0n) is 23.9. The second-order valence-electron chi connectivity index (χ2n) is 13.0. The molecule has 4 atom stereocenters. The van der Waals surface area contributed by atoms with E-state index in [9.17, 15) is 0 Å². The predicted molar refractivity (Wildman–Crippen MR) is 175 cm³/mol. The number of hydrogen-bond donors (Lipinski definition) is 0. The Balaban J connectivity index is 1.26. The van der Waals surface area contributed by atoms with Gasteiger partial charge in [-0.05, 0) is 115 Å². The Morgan fingerprint density at radius 2 is 1.43 bits per heavy atom. The minimum Gasteiger partial charge on any atom is -0.0767 e. The van der Waals surface area contributed by atoms with E-state index in [0.29, 0.717) is 23.7 Å². The summed E-state index contributed by atoms with van der Waals surface area (Å²) in [6.45, 7) is 4.47. The maximum Gasteiger partial charge on any atom is 0.0196 e. The second-order valence-corrected chi connectivity index (χ2v) is 13.0. The number of allylic oxidation sites excluding steroid dienone is 13. The van der Waals surface area contributed by atoms with Crippen molar-refractivity contribution < 1.29 is 0 Å². The molecular weight excluding hydrogens is 504 g/mol. The van der Waals surface area contributed by atoms with Crippen molar-refractivity contribution >= 4 is 16.3 Å². The summed E-state index contributed by atoms with van der Waals surface area (Å²) in [6.07, 6.45) is 21.8. The highest BCUT2D eigenvalue weighted by atomic mass is 14.5. The molecule has 6 aliphatic carbocycles. The quantitative estimate of drug-likeness (QED) is 0.201. The monoisotopic (exact) mass is 534 g/mol. The SMILES string of the molecule is Cc1cc2c3c(cc(C)cc3c1)-c1cc3c(cc1-2)C(c1ccccc1)=CC1C2=C4C(=CC31)C=CC1=CC=CC(C=C2)C14. The van der Waals surface area contributed by atoms with Gasteiger partial charge in [0.25, 0.3) is 0 Å². The van der Waals surface area contributed by atoms with Gasteiger partial charge >= 0.3 is 0 Å². The second kappa shape index (κ2) is 7.99. The fourth-order valence-electron chi connectivity index (χ4n) is 8.89. The molecular formula is C42H30. The third-order valence-electron chi connectivity index (χ3n) is 10.5. The van der Waals surface area contributed by atoms with Gasteiger partial charge in [0.1, 0.15) is 0 Å². The zero-order valence-corrected chi connectivity index (χ0v) is 23.9. The third kappa shape index (κ3) is 2.92. The molecule has 42 heavy (non-hydrogen) atoms. The standard InChI is InChI=1S/C42H30/c1-23-15-29-16-24(2)18-39-37-22-35-32-19-28-12-11-26-9-6-10-27-13-14-30(42(28)40(26)27)33(32)20-31(25-7-4-3-5-8-25)34(35)21-36(37)38(17-23)41(29)39/h3-22,27,32-33,40H,1-2H3. The first kappa shape index (κ1) is 22.9. The number of hydrogen-bond acceptors (Lipinski definition) is 0. The molecule has 0 nitrogen and oxygen atoms in total. The van der Waals surface area contributed by atoms with Gasteiger partial charge in [-0.1, -0.05) is 109 Å². The van der Waals surface area contributed by atoms with Crippen molar-refractivity contribution in [3.8, 4) is 22.3 Å². The van der Waals surface area contributed by atoms with E-state index in [1.54, 1.807) is 5.57 Å². The molecule has 0 bridgehead atoms. The summed E-state index contributed by atoms with van der Waals surface area (Å²) in [7, 11) is 0. The predicted octanol–water partition coefficient (Wildman–Crippen LogP) is 10.4. The van der Waals surface area contributed by atoms with Gasteiger partial charge in [0, 0.05) is 23.7 Å². The Labute approximate surface area is 247 Å². The molecule has 4 aromatic carbocycles. The topological polar surface area (TPSA) is 0 Å². The molecule has 0 N–H and O–H groups in total. The minimum atomic E-state index is 0.313. The van der Waals surface area contributed by atoms with Gasteiger partial charge in [-0.15, -0.1) is 0 Å². The van der Waals surface area contributed by atoms with Crippen LogP contribution in [-0.4, -0.2) is 0 Å². The molecule has 0 heterocycles. The van der Waals surface area contributed by atoms with Crippen LogP contribution in [-0.2, 0) is 0 Å². The van der Waals surface area contributed by atoms with Crippen LogP contribution in [0.4, 0.5) is 0 Å². The molecule has 0 radical (unpaired) electrons. The van der Waals surface area contributed by atoms with E-state index in [1.807, 2.05) is 0 Å². The van der Waals surface area contributed by atoms with Gasteiger partial charge in [0.2, 0.25) is 0 Å². The van der Waals surface area contributed by atoms with Crippen LogP contribution in [0.1, 0.15) is 33.7 Å². The normalized spacial score (nSPS) is 25.0. The average Bonchev–Trinajstić information content (AvgIpc) is 3.31. The van der Waals surface area contributed by atoms with Crippen molar-refractivity contribution in [1.82, 2.24) is 0 Å². The average molecular weight is 535 g/mol. The summed E-state index contributed by atoms with van der Waals surface area (Å²) in [6, 6.07) is 25.7. The summed E-state index contributed by atoms with van der Waals surface area (Å²) >= 11 is 0. The van der Waals surface area contributed by atoms with Crippen LogP contribution in [0, 0.1) is 31.6 Å². The van der Waals surface area contributed by atoms with Crippen molar-refractivity contribution in [2.75, 3.05) is 0 Å². The Bertz CT molecular complexity index is 2150. The van der Waals surface area contributed by atoms with Crippen LogP contribution in [0.2, 0.25) is 0 Å². The molecule has 0 saturated carbocycles. The molecule has 0 spiro atoms. The number of rotatable bonds is 1. The Kier molecular flexibility index (Phi) is 4.36. The number of fused-ring (bicyclic) bond motifs is 7. The van der Waals surface area contributed by atoms with E-state index in [4.69, 9.17) is 0 Å². The zero-order chi connectivity index (χ0) is 27.7. The van der Waals surface area contributed by atoms with Crippen molar-refractivity contribution in [2.45, 2.75) is 19.8 Å². The van der Waals surface area contributed by atoms with E-state index in [2.05, 4.69) is 135 Å². The highest BCUT2D eigenvalue weighted by Crippen LogP contribution is 2.58. The Hall–Kier alpha value is -4.68. The first-order valence-electron chi connectivity index (χ1n) is 15.3. The number of aryl methyl sites for hydroxylation is 2. The van der Waals surface area contributed by atoms with E-state index in [0.717, 1.165) is 0 Å². The molecule has 10 rings (SSSR count). The number of benzene rings is 4. The van der Waals surface area contributed by atoms with Crippen LogP contribution in [0.25, 0.3) is 38.6 Å². The fourth-order valence-corrected chi connectivity index (χ4v) is 8.89. The van der Waals surface area contributed by atoms with E-state index in [1.165, 1.54) is 83.1 Å². The Morgan fingerprint density at radius 1 is 0.643 bits per heavy atom. The smallest absolute Gasteiger partial charge is 0.0196 e. The summed E-state index contributed by atoms with van der Waals surface area (Å²) in [5, 5.41) is 2.78. The van der Waals surface area contributed by atoms with Crippen LogP contribution in [0.15, 0.2) is 144 Å². The van der Waals surface area contributed by atoms with Gasteiger partial charge in [0.05, 0.1) is 0 Å². The minimum absolute atomic E-state index is 0.313. The largest absolute Gasteiger partial charge is 0.0767 e. The maximum absolute atomic E-state index is 2.60. The van der Waals surface area contributed by atoms with E-state index < -0.39 is 0 Å². The lowest BCUT2D eigenvalue weighted by atomic mass is 9.59. The summed E-state index contributed by atoms with van der Waals surface area (Å²) < 4.78 is 0. The van der Waals surface area contributed by atoms with Crippen molar-refractivity contribution in [3.63, 3.8) is 0 Å². The van der Waals surface area contributed by atoms with Crippen LogP contribution < -0.4 is 0 Å². The van der Waals surface area contributed by atoms with Gasteiger partial charge in [0.15, 0.2) is 0 Å². The van der Waals surface area contributed by atoms with Crippen molar-refractivity contribution in [2.24, 2.45) is 17.8 Å². The molecule has 0 aromatic heterocycles. The summed E-state index contributed by atoms with van der Waals surface area (Å²) in [4.78, 5) is 0. The molecule has 6 aliphatic rings. The third-order valence-corrected chi connectivity index (χ3v) is 10.5. The van der Waals surface area contributed by atoms with Crippen LogP contribution in [0.3, 0.4) is 0 Å². The maximum atomic E-state index is 2.60. The van der Waals surface area contributed by atoms with Crippen LogP contribution >= 0.6 is 0 Å². The highest BCUT2D eigenvalue weighted by Gasteiger charge is 2.42. The molecule has 198 valence electrons. The van der Waals surface area contributed by atoms with Gasteiger partial charge < -0.3 is 0 Å².